The average molecular weight is 521 g/mol. The zero-order valence-electron chi connectivity index (χ0n) is 21.5. The highest BCUT2D eigenvalue weighted by Crippen LogP contribution is 2.33. The minimum atomic E-state index is -0.620. The Morgan fingerprint density at radius 3 is 2.41 bits per heavy atom. The van der Waals surface area contributed by atoms with Gasteiger partial charge in [0.2, 0.25) is 5.91 Å². The third-order valence-corrected chi connectivity index (χ3v) is 7.23. The summed E-state index contributed by atoms with van der Waals surface area (Å²) in [5.74, 6) is 0.597. The van der Waals surface area contributed by atoms with E-state index in [0.717, 1.165) is 52.3 Å². The highest BCUT2D eigenvalue weighted by molar-refractivity contribution is 5.90. The van der Waals surface area contributed by atoms with Crippen molar-refractivity contribution in [3.63, 3.8) is 0 Å². The van der Waals surface area contributed by atoms with Gasteiger partial charge in [0, 0.05) is 12.1 Å². The Morgan fingerprint density at radius 2 is 1.67 bits per heavy atom. The first-order chi connectivity index (χ1) is 19.1. The fraction of sp³-hybridized carbons (Fsp3) is 0.200. The number of nitrogens with one attached hydrogen (secondary N) is 3. The number of carbonyl (C=O) groups excluding carboxylic acids is 2. The standard InChI is InChI=1S/C30H28N6O3/c1-39-30(38)33-17-28(37)36-12-2-3-27(36)29-32-16-26(35-29)20-6-4-19(5-7-20)21-8-9-23-14-24(11-10-22(23)13-21)25-15-31-18-34-25/h4-11,13-16,18,27H,2-3,12,17H2,1H3,(H,31,34)(H,32,35)(H,33,38)/t27-/m0/s1. The van der Waals surface area contributed by atoms with Crippen molar-refractivity contribution in [1.29, 1.82) is 0 Å². The topological polar surface area (TPSA) is 116 Å². The minimum Gasteiger partial charge on any atom is -0.453 e. The van der Waals surface area contributed by atoms with Crippen molar-refractivity contribution in [1.82, 2.24) is 30.2 Å². The summed E-state index contributed by atoms with van der Waals surface area (Å²) in [4.78, 5) is 41.0. The molecule has 1 saturated heterocycles. The number of imidazole rings is 2. The molecule has 0 spiro atoms. The Morgan fingerprint density at radius 1 is 0.949 bits per heavy atom. The molecule has 3 N–H and O–H groups in total. The summed E-state index contributed by atoms with van der Waals surface area (Å²) in [5, 5.41) is 4.81. The first-order valence-corrected chi connectivity index (χ1v) is 12.9. The number of fused-ring (bicyclic) bond motifs is 1. The number of nitrogens with zero attached hydrogens (tertiary/aromatic N) is 3. The summed E-state index contributed by atoms with van der Waals surface area (Å²) >= 11 is 0. The maximum atomic E-state index is 12.7. The van der Waals surface area contributed by atoms with Crippen LogP contribution in [0.5, 0.6) is 0 Å². The lowest BCUT2D eigenvalue weighted by atomic mass is 9.98. The Labute approximate surface area is 225 Å². The van der Waals surface area contributed by atoms with Gasteiger partial charge in [0.15, 0.2) is 0 Å². The summed E-state index contributed by atoms with van der Waals surface area (Å²) < 4.78 is 4.56. The lowest BCUT2D eigenvalue weighted by Crippen LogP contribution is -2.40. The van der Waals surface area contributed by atoms with Crippen LogP contribution in [0.1, 0.15) is 24.7 Å². The second-order valence-corrected chi connectivity index (χ2v) is 9.59. The fourth-order valence-electron chi connectivity index (χ4n) is 5.17. The van der Waals surface area contributed by atoms with Crippen LogP contribution in [-0.2, 0) is 9.53 Å². The van der Waals surface area contributed by atoms with Gasteiger partial charge >= 0.3 is 6.09 Å². The number of amides is 2. The van der Waals surface area contributed by atoms with Gasteiger partial charge in [-0.2, -0.15) is 0 Å². The number of aromatic amines is 2. The highest BCUT2D eigenvalue weighted by atomic mass is 16.5. The Bertz CT molecular complexity index is 1620. The molecule has 3 heterocycles. The van der Waals surface area contributed by atoms with E-state index >= 15 is 0 Å². The van der Waals surface area contributed by atoms with E-state index in [1.54, 1.807) is 11.2 Å². The van der Waals surface area contributed by atoms with Crippen LogP contribution in [0.3, 0.4) is 0 Å². The van der Waals surface area contributed by atoms with Crippen molar-refractivity contribution in [3.05, 3.63) is 85.2 Å². The predicted molar refractivity (Wildman–Crippen MR) is 149 cm³/mol. The maximum Gasteiger partial charge on any atom is 0.407 e. The largest absolute Gasteiger partial charge is 0.453 e. The van der Waals surface area contributed by atoms with Gasteiger partial charge in [-0.25, -0.2) is 14.8 Å². The average Bonchev–Trinajstić information content (AvgIpc) is 3.77. The lowest BCUT2D eigenvalue weighted by molar-refractivity contribution is -0.131. The van der Waals surface area contributed by atoms with E-state index < -0.39 is 6.09 Å². The molecule has 2 amide bonds. The molecule has 196 valence electrons. The van der Waals surface area contributed by atoms with E-state index in [4.69, 9.17) is 0 Å². The van der Waals surface area contributed by atoms with Crippen LogP contribution in [0.4, 0.5) is 4.79 Å². The summed E-state index contributed by atoms with van der Waals surface area (Å²) in [6.45, 7) is 0.533. The van der Waals surface area contributed by atoms with Crippen LogP contribution in [0.25, 0.3) is 44.4 Å². The fourth-order valence-corrected chi connectivity index (χ4v) is 5.17. The van der Waals surface area contributed by atoms with Crippen LogP contribution in [0.15, 0.2) is 79.4 Å². The van der Waals surface area contributed by atoms with Crippen molar-refractivity contribution in [3.8, 4) is 33.6 Å². The number of carbonyl (C=O) groups is 2. The SMILES string of the molecule is COC(=O)NCC(=O)N1CCC[C@H]1c1ncc(-c2ccc(-c3ccc4cc(-c5cnc[nH]5)ccc4c3)cc2)[nH]1. The molecule has 6 rings (SSSR count). The van der Waals surface area contributed by atoms with Crippen molar-refractivity contribution >= 4 is 22.8 Å². The molecule has 9 nitrogen and oxygen atoms in total. The Balaban J connectivity index is 1.17. The van der Waals surface area contributed by atoms with Gasteiger partial charge < -0.3 is 24.9 Å². The Hall–Kier alpha value is -4.92. The first-order valence-electron chi connectivity index (χ1n) is 12.9. The highest BCUT2D eigenvalue weighted by Gasteiger charge is 2.32. The van der Waals surface area contributed by atoms with Gasteiger partial charge in [0.25, 0.3) is 0 Å². The van der Waals surface area contributed by atoms with Crippen LogP contribution in [-0.4, -0.2) is 57.0 Å². The van der Waals surface area contributed by atoms with Crippen LogP contribution < -0.4 is 5.32 Å². The second-order valence-electron chi connectivity index (χ2n) is 9.59. The molecule has 1 atom stereocenters. The zero-order chi connectivity index (χ0) is 26.8. The molecule has 9 heteroatoms. The van der Waals surface area contributed by atoms with E-state index in [1.165, 1.54) is 17.9 Å². The zero-order valence-corrected chi connectivity index (χ0v) is 21.5. The molecule has 1 aliphatic heterocycles. The molecule has 0 unspecified atom stereocenters. The number of hydrogen-bond acceptors (Lipinski definition) is 5. The number of rotatable bonds is 6. The summed E-state index contributed by atoms with van der Waals surface area (Å²) in [7, 11) is 1.27. The summed E-state index contributed by atoms with van der Waals surface area (Å²) in [5.41, 5.74) is 6.30. The van der Waals surface area contributed by atoms with Crippen molar-refractivity contribution in [2.75, 3.05) is 20.2 Å². The van der Waals surface area contributed by atoms with E-state index in [-0.39, 0.29) is 18.5 Å². The molecule has 0 radical (unpaired) electrons. The molecule has 39 heavy (non-hydrogen) atoms. The smallest absolute Gasteiger partial charge is 0.407 e. The molecule has 0 bridgehead atoms. The van der Waals surface area contributed by atoms with Gasteiger partial charge in [0.1, 0.15) is 12.4 Å². The second kappa shape index (κ2) is 10.4. The molecule has 0 saturated carbocycles. The first kappa shape index (κ1) is 24.4. The number of ether oxygens (including phenoxy) is 1. The van der Waals surface area contributed by atoms with Crippen LogP contribution >= 0.6 is 0 Å². The van der Waals surface area contributed by atoms with Crippen molar-refractivity contribution < 1.29 is 14.3 Å². The van der Waals surface area contributed by atoms with Gasteiger partial charge in [-0.1, -0.05) is 48.5 Å². The molecule has 1 fully saturated rings. The lowest BCUT2D eigenvalue weighted by Gasteiger charge is -2.23. The van der Waals surface area contributed by atoms with Gasteiger partial charge in [-0.3, -0.25) is 4.79 Å². The van der Waals surface area contributed by atoms with Crippen molar-refractivity contribution in [2.24, 2.45) is 0 Å². The third-order valence-electron chi connectivity index (χ3n) is 7.23. The third kappa shape index (κ3) is 4.98. The normalized spacial score (nSPS) is 15.0. The van der Waals surface area contributed by atoms with Crippen LogP contribution in [0.2, 0.25) is 0 Å². The summed E-state index contributed by atoms with van der Waals surface area (Å²) in [6.07, 6.45) is 6.41. The molecule has 2 aromatic heterocycles. The molecular weight excluding hydrogens is 492 g/mol. The number of hydrogen-bond donors (Lipinski definition) is 3. The van der Waals surface area contributed by atoms with E-state index in [2.05, 4.69) is 90.7 Å². The number of likely N-dealkylation sites (tertiary alicyclic amines) is 1. The molecular formula is C30H28N6O3. The molecule has 5 aromatic rings. The quantitative estimate of drug-likeness (QED) is 0.281. The summed E-state index contributed by atoms with van der Waals surface area (Å²) in [6, 6.07) is 21.1. The molecule has 1 aliphatic rings. The monoisotopic (exact) mass is 520 g/mol. The number of benzene rings is 3. The Kier molecular flexibility index (Phi) is 6.54. The number of methoxy groups -OCH3 is 1. The molecule has 3 aromatic carbocycles. The van der Waals surface area contributed by atoms with Gasteiger partial charge in [-0.15, -0.1) is 0 Å². The van der Waals surface area contributed by atoms with E-state index in [9.17, 15) is 9.59 Å². The maximum absolute atomic E-state index is 12.7. The van der Waals surface area contributed by atoms with Gasteiger partial charge in [0.05, 0.1) is 43.3 Å². The van der Waals surface area contributed by atoms with Gasteiger partial charge in [-0.05, 0) is 52.4 Å². The van der Waals surface area contributed by atoms with E-state index in [1.807, 2.05) is 12.4 Å². The number of aromatic nitrogens is 4. The minimum absolute atomic E-state index is 0.0988. The molecule has 0 aliphatic carbocycles. The number of alkyl carbamates (subject to hydrolysis) is 1. The van der Waals surface area contributed by atoms with Crippen molar-refractivity contribution in [2.45, 2.75) is 18.9 Å². The number of H-pyrrole nitrogens is 2. The van der Waals surface area contributed by atoms with Crippen LogP contribution in [0, 0.1) is 0 Å². The van der Waals surface area contributed by atoms with E-state index in [0.29, 0.717) is 6.54 Å². The predicted octanol–water partition coefficient (Wildman–Crippen LogP) is 5.31.